The summed E-state index contributed by atoms with van der Waals surface area (Å²) >= 11 is 0. The van der Waals surface area contributed by atoms with Gasteiger partial charge in [0.15, 0.2) is 5.78 Å². The van der Waals surface area contributed by atoms with Crippen LogP contribution in [0.2, 0.25) is 0 Å². The smallest absolute Gasteiger partial charge is 0.165 e. The molecule has 1 aliphatic carbocycles. The van der Waals surface area contributed by atoms with Gasteiger partial charge in [-0.2, -0.15) is 0 Å². The molecule has 5 nitrogen and oxygen atoms in total. The molecule has 0 radical (unpaired) electrons. The zero-order valence-electron chi connectivity index (χ0n) is 17.9. The van der Waals surface area contributed by atoms with Gasteiger partial charge in [0.2, 0.25) is 0 Å². The number of aryl methyl sites for hydroxylation is 1. The summed E-state index contributed by atoms with van der Waals surface area (Å²) in [5.41, 5.74) is 9.75. The number of carbonyl (C=O) groups excluding carboxylic acids is 1. The van der Waals surface area contributed by atoms with Crippen molar-refractivity contribution in [3.8, 4) is 0 Å². The maximum absolute atomic E-state index is 13.6. The zero-order valence-corrected chi connectivity index (χ0v) is 17.9. The molecule has 1 saturated heterocycles. The predicted molar refractivity (Wildman–Crippen MR) is 118 cm³/mol. The lowest BCUT2D eigenvalue weighted by Crippen LogP contribution is -2.56. The molecular weight excluding hydrogens is 395 g/mol. The number of fused-ring (bicyclic) bond motifs is 1. The van der Waals surface area contributed by atoms with Gasteiger partial charge in [-0.1, -0.05) is 36.4 Å². The van der Waals surface area contributed by atoms with Gasteiger partial charge in [0.1, 0.15) is 11.9 Å². The van der Waals surface area contributed by atoms with Crippen molar-refractivity contribution in [2.45, 2.75) is 43.4 Å². The molecule has 1 unspecified atom stereocenters. The molecule has 2 aromatic carbocycles. The third-order valence-corrected chi connectivity index (χ3v) is 6.62. The molecule has 1 fully saturated rings. The van der Waals surface area contributed by atoms with Crippen molar-refractivity contribution in [3.05, 3.63) is 71.0 Å². The van der Waals surface area contributed by atoms with E-state index in [-0.39, 0.29) is 35.5 Å². The SMILES string of the molecule is COCCN[C@@H]1CO[C@@H](C(=O)C2CCc3ccccc3[C@@H]2c2ccc(F)cc2)C[C@@H]1N. The minimum Gasteiger partial charge on any atom is -0.383 e. The van der Waals surface area contributed by atoms with E-state index in [0.29, 0.717) is 26.2 Å². The Morgan fingerprint density at radius 3 is 2.74 bits per heavy atom. The molecule has 166 valence electrons. The van der Waals surface area contributed by atoms with Crippen molar-refractivity contribution in [2.24, 2.45) is 11.7 Å². The maximum Gasteiger partial charge on any atom is 0.165 e. The Morgan fingerprint density at radius 2 is 2.00 bits per heavy atom. The molecule has 31 heavy (non-hydrogen) atoms. The summed E-state index contributed by atoms with van der Waals surface area (Å²) in [6, 6.07) is 14.6. The van der Waals surface area contributed by atoms with Crippen LogP contribution in [0.4, 0.5) is 4.39 Å². The average Bonchev–Trinajstić information content (AvgIpc) is 2.79. The van der Waals surface area contributed by atoms with Crippen LogP contribution in [0.15, 0.2) is 48.5 Å². The summed E-state index contributed by atoms with van der Waals surface area (Å²) in [6.45, 7) is 1.71. The topological polar surface area (TPSA) is 73.6 Å². The van der Waals surface area contributed by atoms with Crippen molar-refractivity contribution >= 4 is 5.78 Å². The third-order valence-electron chi connectivity index (χ3n) is 6.62. The van der Waals surface area contributed by atoms with Crippen LogP contribution in [-0.2, 0) is 20.7 Å². The molecule has 0 amide bonds. The summed E-state index contributed by atoms with van der Waals surface area (Å²) in [4.78, 5) is 13.6. The Balaban J connectivity index is 1.53. The molecule has 0 saturated carbocycles. The van der Waals surface area contributed by atoms with E-state index < -0.39 is 6.10 Å². The van der Waals surface area contributed by atoms with Gasteiger partial charge in [-0.05, 0) is 48.1 Å². The second-order valence-electron chi connectivity index (χ2n) is 8.55. The second kappa shape index (κ2) is 10.0. The number of nitrogens with one attached hydrogen (secondary N) is 1. The molecule has 2 aromatic rings. The number of hydrogen-bond donors (Lipinski definition) is 2. The summed E-state index contributed by atoms with van der Waals surface area (Å²) in [5, 5.41) is 3.34. The number of halogens is 1. The van der Waals surface area contributed by atoms with Gasteiger partial charge in [-0.25, -0.2) is 4.39 Å². The van der Waals surface area contributed by atoms with Crippen LogP contribution in [0.25, 0.3) is 0 Å². The Bertz CT molecular complexity index is 889. The lowest BCUT2D eigenvalue weighted by atomic mass is 9.69. The van der Waals surface area contributed by atoms with Crippen LogP contribution in [0, 0.1) is 11.7 Å². The molecule has 0 bridgehead atoms. The number of carbonyl (C=O) groups is 1. The molecule has 4 rings (SSSR count). The van der Waals surface area contributed by atoms with Crippen LogP contribution < -0.4 is 11.1 Å². The zero-order chi connectivity index (χ0) is 21.8. The quantitative estimate of drug-likeness (QED) is 0.666. The number of nitrogens with two attached hydrogens (primary N) is 1. The van der Waals surface area contributed by atoms with Crippen LogP contribution in [-0.4, -0.2) is 50.8 Å². The largest absolute Gasteiger partial charge is 0.383 e. The molecule has 2 aliphatic rings. The van der Waals surface area contributed by atoms with E-state index >= 15 is 0 Å². The fourth-order valence-electron chi connectivity index (χ4n) is 4.96. The molecule has 3 N–H and O–H groups in total. The van der Waals surface area contributed by atoms with Gasteiger partial charge in [0.25, 0.3) is 0 Å². The third kappa shape index (κ3) is 4.88. The second-order valence-corrected chi connectivity index (χ2v) is 8.55. The van der Waals surface area contributed by atoms with E-state index in [0.717, 1.165) is 24.0 Å². The van der Waals surface area contributed by atoms with E-state index in [1.165, 1.54) is 17.7 Å². The molecule has 6 heteroatoms. The lowest BCUT2D eigenvalue weighted by Gasteiger charge is -2.39. The fourth-order valence-corrected chi connectivity index (χ4v) is 4.96. The summed E-state index contributed by atoms with van der Waals surface area (Å²) < 4.78 is 24.7. The lowest BCUT2D eigenvalue weighted by molar-refractivity contribution is -0.140. The van der Waals surface area contributed by atoms with E-state index in [2.05, 4.69) is 17.4 Å². The molecule has 1 aliphatic heterocycles. The van der Waals surface area contributed by atoms with Crippen molar-refractivity contribution < 1.29 is 18.7 Å². The highest BCUT2D eigenvalue weighted by molar-refractivity contribution is 5.87. The maximum atomic E-state index is 13.6. The molecule has 5 atom stereocenters. The predicted octanol–water partition coefficient (Wildman–Crippen LogP) is 2.81. The average molecular weight is 427 g/mol. The van der Waals surface area contributed by atoms with Crippen molar-refractivity contribution in [1.82, 2.24) is 5.32 Å². The fraction of sp³-hybridized carbons (Fsp3) is 0.480. The number of benzene rings is 2. The summed E-state index contributed by atoms with van der Waals surface area (Å²) in [6.07, 6.45) is 1.60. The summed E-state index contributed by atoms with van der Waals surface area (Å²) in [7, 11) is 1.66. The molecule has 1 heterocycles. The Labute approximate surface area is 183 Å². The standard InChI is InChI=1S/C25H31FN2O3/c1-30-13-12-28-22-15-31-23(14-21(22)27)25(29)20-11-8-16-4-2-3-5-19(16)24(20)17-6-9-18(26)10-7-17/h2-7,9-10,20-24,28H,8,11-15,27H2,1H3/t20?,21-,22+,23+,24-/m0/s1. The number of ether oxygens (including phenoxy) is 2. The van der Waals surface area contributed by atoms with Gasteiger partial charge in [0, 0.05) is 37.6 Å². The number of Topliss-reactive ketones (excluding diaryl/α,β-unsaturated/α-hetero) is 1. The van der Waals surface area contributed by atoms with Crippen molar-refractivity contribution in [2.75, 3.05) is 26.9 Å². The first-order valence-corrected chi connectivity index (χ1v) is 11.0. The Morgan fingerprint density at radius 1 is 1.23 bits per heavy atom. The molecular formula is C25H31FN2O3. The van der Waals surface area contributed by atoms with Crippen molar-refractivity contribution in [3.63, 3.8) is 0 Å². The van der Waals surface area contributed by atoms with Crippen LogP contribution in [0.3, 0.4) is 0 Å². The summed E-state index contributed by atoms with van der Waals surface area (Å²) in [5.74, 6) is -0.482. The first kappa shape index (κ1) is 22.1. The first-order valence-electron chi connectivity index (χ1n) is 11.0. The highest BCUT2D eigenvalue weighted by Crippen LogP contribution is 2.42. The van der Waals surface area contributed by atoms with Gasteiger partial charge < -0.3 is 20.5 Å². The first-order chi connectivity index (χ1) is 15.1. The van der Waals surface area contributed by atoms with Gasteiger partial charge in [-0.3, -0.25) is 4.79 Å². The minimum atomic E-state index is -0.506. The van der Waals surface area contributed by atoms with E-state index in [1.807, 2.05) is 12.1 Å². The van der Waals surface area contributed by atoms with E-state index in [4.69, 9.17) is 15.2 Å². The highest BCUT2D eigenvalue weighted by Gasteiger charge is 2.41. The number of hydrogen-bond acceptors (Lipinski definition) is 5. The monoisotopic (exact) mass is 426 g/mol. The van der Waals surface area contributed by atoms with Crippen LogP contribution in [0.1, 0.15) is 35.4 Å². The minimum absolute atomic E-state index is 0.0131. The number of rotatable bonds is 7. The highest BCUT2D eigenvalue weighted by atomic mass is 19.1. The Hall–Kier alpha value is -2.12. The molecule has 0 spiro atoms. The van der Waals surface area contributed by atoms with E-state index in [9.17, 15) is 9.18 Å². The van der Waals surface area contributed by atoms with Gasteiger partial charge >= 0.3 is 0 Å². The van der Waals surface area contributed by atoms with Crippen LogP contribution >= 0.6 is 0 Å². The van der Waals surface area contributed by atoms with Crippen LogP contribution in [0.5, 0.6) is 0 Å². The normalized spacial score (nSPS) is 28.2. The van der Waals surface area contributed by atoms with Gasteiger partial charge in [-0.15, -0.1) is 0 Å². The Kier molecular flexibility index (Phi) is 7.13. The molecule has 0 aromatic heterocycles. The number of ketones is 1. The number of methoxy groups -OCH3 is 1. The van der Waals surface area contributed by atoms with Gasteiger partial charge in [0.05, 0.1) is 13.2 Å². The van der Waals surface area contributed by atoms with E-state index in [1.54, 1.807) is 19.2 Å². The van der Waals surface area contributed by atoms with Crippen molar-refractivity contribution in [1.29, 1.82) is 0 Å².